The van der Waals surface area contributed by atoms with E-state index in [0.29, 0.717) is 17.0 Å². The van der Waals surface area contributed by atoms with Crippen molar-refractivity contribution in [2.24, 2.45) is 4.99 Å². The quantitative estimate of drug-likeness (QED) is 0.570. The number of carboxylic acids is 2. The third-order valence-corrected chi connectivity index (χ3v) is 4.39. The Labute approximate surface area is 167 Å². The number of ether oxygens (including phenoxy) is 1. The van der Waals surface area contributed by atoms with Gasteiger partial charge < -0.3 is 14.9 Å². The summed E-state index contributed by atoms with van der Waals surface area (Å²) in [5.74, 6) is -1.34. The summed E-state index contributed by atoms with van der Waals surface area (Å²) in [5, 5.41) is 18.2. The second-order valence-electron chi connectivity index (χ2n) is 6.34. The number of hydrogen-bond donors (Lipinski definition) is 2. The lowest BCUT2D eigenvalue weighted by Crippen LogP contribution is -2.00. The molecular weight excluding hydrogens is 370 g/mol. The normalized spacial score (nSPS) is 10.8. The molecule has 2 N–H and O–H groups in total. The van der Waals surface area contributed by atoms with Crippen LogP contribution in [0.15, 0.2) is 71.7 Å². The Morgan fingerprint density at radius 1 is 0.931 bits per heavy atom. The summed E-state index contributed by atoms with van der Waals surface area (Å²) in [6.45, 7) is 2.00. The first kappa shape index (κ1) is 19.8. The van der Waals surface area contributed by atoms with Gasteiger partial charge >= 0.3 is 11.9 Å². The summed E-state index contributed by atoms with van der Waals surface area (Å²) >= 11 is 0. The molecule has 0 saturated carbocycles. The van der Waals surface area contributed by atoms with Crippen LogP contribution in [0.3, 0.4) is 0 Å². The molecule has 0 aliphatic heterocycles. The molecule has 0 spiro atoms. The fraction of sp³-hybridized carbons (Fsp3) is 0.0870. The van der Waals surface area contributed by atoms with Crippen molar-refractivity contribution in [2.45, 2.75) is 13.5 Å². The van der Waals surface area contributed by atoms with Gasteiger partial charge in [-0.25, -0.2) is 9.59 Å². The number of carboxylic acid groups (broad SMARTS) is 2. The zero-order valence-electron chi connectivity index (χ0n) is 15.7. The average molecular weight is 389 g/mol. The number of aromatic carboxylic acids is 2. The maximum atomic E-state index is 11.3. The fourth-order valence-electron chi connectivity index (χ4n) is 2.76. The molecular formula is C23H19NO5. The molecule has 0 atom stereocenters. The van der Waals surface area contributed by atoms with Crippen molar-refractivity contribution >= 4 is 23.8 Å². The maximum absolute atomic E-state index is 11.3. The number of hydrogen-bond acceptors (Lipinski definition) is 4. The van der Waals surface area contributed by atoms with Crippen LogP contribution in [0, 0.1) is 6.92 Å². The Bertz CT molecular complexity index is 1070. The largest absolute Gasteiger partial charge is 0.488 e. The molecule has 0 aliphatic carbocycles. The van der Waals surface area contributed by atoms with Crippen LogP contribution >= 0.6 is 0 Å². The molecule has 0 radical (unpaired) electrons. The van der Waals surface area contributed by atoms with Crippen LogP contribution < -0.4 is 4.74 Å². The molecule has 0 aliphatic rings. The van der Waals surface area contributed by atoms with Crippen molar-refractivity contribution in [3.63, 3.8) is 0 Å². The zero-order valence-corrected chi connectivity index (χ0v) is 15.7. The highest BCUT2D eigenvalue weighted by Gasteiger charge is 2.09. The average Bonchev–Trinajstić information content (AvgIpc) is 2.72. The second kappa shape index (κ2) is 8.84. The molecule has 0 saturated heterocycles. The number of carbonyl (C=O) groups is 2. The highest BCUT2D eigenvalue weighted by atomic mass is 16.5. The molecule has 0 aromatic heterocycles. The Morgan fingerprint density at radius 3 is 2.34 bits per heavy atom. The SMILES string of the molecule is Cc1c(N=Cc2ccccc2OCc2ccc(C(=O)O)cc2)cccc1C(=O)O. The van der Waals surface area contributed by atoms with Crippen LogP contribution in [-0.2, 0) is 6.61 Å². The molecule has 0 unspecified atom stereocenters. The van der Waals surface area contributed by atoms with Crippen LogP contribution in [0.5, 0.6) is 5.75 Å². The van der Waals surface area contributed by atoms with Gasteiger partial charge in [0.25, 0.3) is 0 Å². The van der Waals surface area contributed by atoms with Gasteiger partial charge in [-0.2, -0.15) is 0 Å². The van der Waals surface area contributed by atoms with E-state index < -0.39 is 11.9 Å². The summed E-state index contributed by atoms with van der Waals surface area (Å²) in [6, 6.07) is 18.8. The van der Waals surface area contributed by atoms with Crippen LogP contribution in [-0.4, -0.2) is 28.4 Å². The molecule has 3 rings (SSSR count). The van der Waals surface area contributed by atoms with E-state index in [4.69, 9.17) is 9.84 Å². The minimum atomic E-state index is -0.989. The van der Waals surface area contributed by atoms with Crippen molar-refractivity contribution in [1.82, 2.24) is 0 Å². The van der Waals surface area contributed by atoms with Gasteiger partial charge in [0.2, 0.25) is 0 Å². The molecule has 3 aromatic rings. The number of benzene rings is 3. The van der Waals surface area contributed by atoms with Gasteiger partial charge in [0.15, 0.2) is 0 Å². The predicted molar refractivity (Wildman–Crippen MR) is 110 cm³/mol. The van der Waals surface area contributed by atoms with Crippen molar-refractivity contribution in [1.29, 1.82) is 0 Å². The summed E-state index contributed by atoms with van der Waals surface area (Å²) < 4.78 is 5.87. The third-order valence-electron chi connectivity index (χ3n) is 4.39. The van der Waals surface area contributed by atoms with Gasteiger partial charge in [0.1, 0.15) is 12.4 Å². The summed E-state index contributed by atoms with van der Waals surface area (Å²) in [5.41, 5.74) is 3.19. The molecule has 0 fully saturated rings. The highest BCUT2D eigenvalue weighted by Crippen LogP contribution is 2.24. The number of para-hydroxylation sites is 1. The van der Waals surface area contributed by atoms with Gasteiger partial charge in [-0.15, -0.1) is 0 Å². The van der Waals surface area contributed by atoms with E-state index in [0.717, 1.165) is 11.1 Å². The maximum Gasteiger partial charge on any atom is 0.336 e. The first-order valence-corrected chi connectivity index (χ1v) is 8.87. The van der Waals surface area contributed by atoms with E-state index in [9.17, 15) is 14.7 Å². The molecule has 29 heavy (non-hydrogen) atoms. The van der Waals surface area contributed by atoms with Crippen LogP contribution in [0.25, 0.3) is 0 Å². The second-order valence-corrected chi connectivity index (χ2v) is 6.34. The number of aliphatic imine (C=N–C) groups is 1. The lowest BCUT2D eigenvalue weighted by molar-refractivity contribution is 0.0685. The molecule has 0 amide bonds. The zero-order chi connectivity index (χ0) is 20.8. The summed E-state index contributed by atoms with van der Waals surface area (Å²) in [4.78, 5) is 26.6. The Hall–Kier alpha value is -3.93. The van der Waals surface area contributed by atoms with Crippen molar-refractivity contribution in [2.75, 3.05) is 0 Å². The van der Waals surface area contributed by atoms with Crippen molar-refractivity contribution in [3.8, 4) is 5.75 Å². The topological polar surface area (TPSA) is 96.2 Å². The Kier molecular flexibility index (Phi) is 6.04. The standard InChI is InChI=1S/C23H19NO5/c1-15-19(23(27)28)6-4-7-20(15)24-13-18-5-2-3-8-21(18)29-14-16-9-11-17(12-10-16)22(25)26/h2-13H,14H2,1H3,(H,25,26)(H,27,28). The van der Waals surface area contributed by atoms with Crippen molar-refractivity contribution in [3.05, 3.63) is 94.5 Å². The molecule has 6 heteroatoms. The third kappa shape index (κ3) is 4.87. The highest BCUT2D eigenvalue weighted by molar-refractivity contribution is 5.92. The number of rotatable bonds is 7. The summed E-state index contributed by atoms with van der Waals surface area (Å²) in [7, 11) is 0. The molecule has 3 aromatic carbocycles. The van der Waals surface area contributed by atoms with E-state index in [-0.39, 0.29) is 17.7 Å². The van der Waals surface area contributed by atoms with Gasteiger partial charge in [-0.05, 0) is 54.4 Å². The Morgan fingerprint density at radius 2 is 1.66 bits per heavy atom. The monoisotopic (exact) mass is 389 g/mol. The lowest BCUT2D eigenvalue weighted by atomic mass is 10.1. The van der Waals surface area contributed by atoms with Crippen LogP contribution in [0.4, 0.5) is 5.69 Å². The first-order valence-electron chi connectivity index (χ1n) is 8.87. The van der Waals surface area contributed by atoms with Gasteiger partial charge in [-0.3, -0.25) is 4.99 Å². The first-order chi connectivity index (χ1) is 14.0. The van der Waals surface area contributed by atoms with E-state index in [1.165, 1.54) is 12.1 Å². The molecule has 146 valence electrons. The van der Waals surface area contributed by atoms with E-state index in [1.807, 2.05) is 24.3 Å². The molecule has 0 heterocycles. The minimum Gasteiger partial charge on any atom is -0.488 e. The minimum absolute atomic E-state index is 0.217. The Balaban J connectivity index is 1.77. The van der Waals surface area contributed by atoms with Crippen LogP contribution in [0.2, 0.25) is 0 Å². The summed E-state index contributed by atoms with van der Waals surface area (Å²) in [6.07, 6.45) is 1.64. The molecule has 0 bridgehead atoms. The smallest absolute Gasteiger partial charge is 0.336 e. The fourth-order valence-corrected chi connectivity index (χ4v) is 2.76. The van der Waals surface area contributed by atoms with E-state index >= 15 is 0 Å². The van der Waals surface area contributed by atoms with Gasteiger partial charge in [0.05, 0.1) is 16.8 Å². The predicted octanol–water partition coefficient (Wildman–Crippen LogP) is 4.72. The van der Waals surface area contributed by atoms with Crippen LogP contribution in [0.1, 0.15) is 37.4 Å². The lowest BCUT2D eigenvalue weighted by Gasteiger charge is -2.09. The molecule has 6 nitrogen and oxygen atoms in total. The van der Waals surface area contributed by atoms with E-state index in [1.54, 1.807) is 43.5 Å². The van der Waals surface area contributed by atoms with Gasteiger partial charge in [0, 0.05) is 11.8 Å². The number of nitrogens with zero attached hydrogens (tertiary/aromatic N) is 1. The van der Waals surface area contributed by atoms with E-state index in [2.05, 4.69) is 4.99 Å². The van der Waals surface area contributed by atoms with Crippen molar-refractivity contribution < 1.29 is 24.5 Å². The van der Waals surface area contributed by atoms with Gasteiger partial charge in [-0.1, -0.05) is 30.3 Å².